The smallest absolute Gasteiger partial charge is 0.0374 e. The van der Waals surface area contributed by atoms with Gasteiger partial charge in [-0.25, -0.2) is 0 Å². The Labute approximate surface area is 130 Å². The highest BCUT2D eigenvalue weighted by molar-refractivity contribution is 5.52. The van der Waals surface area contributed by atoms with E-state index in [4.69, 9.17) is 0 Å². The van der Waals surface area contributed by atoms with Crippen LogP contribution in [0.1, 0.15) is 70.3 Å². The summed E-state index contributed by atoms with van der Waals surface area (Å²) in [4.78, 5) is 0. The fraction of sp³-hybridized carbons (Fsp3) is 0.700. The zero-order chi connectivity index (χ0) is 14.5. The SMILES string of the molecule is CCc1ccccc1NC1CCCCC1C1CCCCC1. The molecule has 0 aliphatic heterocycles. The van der Waals surface area contributed by atoms with Crippen LogP contribution in [-0.2, 0) is 6.42 Å². The molecule has 2 fully saturated rings. The van der Waals surface area contributed by atoms with Gasteiger partial charge in [0.05, 0.1) is 0 Å². The molecule has 2 saturated carbocycles. The Balaban J connectivity index is 1.71. The molecule has 0 bridgehead atoms. The second-order valence-corrected chi connectivity index (χ2v) is 7.11. The van der Waals surface area contributed by atoms with Crippen LogP contribution in [0.5, 0.6) is 0 Å². The summed E-state index contributed by atoms with van der Waals surface area (Å²) < 4.78 is 0. The van der Waals surface area contributed by atoms with Crippen LogP contribution in [0, 0.1) is 11.8 Å². The summed E-state index contributed by atoms with van der Waals surface area (Å²) in [6.45, 7) is 2.26. The van der Waals surface area contributed by atoms with Crippen LogP contribution in [0.2, 0.25) is 0 Å². The number of para-hydroxylation sites is 1. The third-order valence-electron chi connectivity index (χ3n) is 5.81. The molecular weight excluding hydrogens is 254 g/mol. The lowest BCUT2D eigenvalue weighted by atomic mass is 9.71. The van der Waals surface area contributed by atoms with Gasteiger partial charge in [-0.1, -0.05) is 70.1 Å². The van der Waals surface area contributed by atoms with Gasteiger partial charge in [0.15, 0.2) is 0 Å². The Bertz CT molecular complexity index is 433. The van der Waals surface area contributed by atoms with Crippen LogP contribution in [-0.4, -0.2) is 6.04 Å². The topological polar surface area (TPSA) is 12.0 Å². The number of hydrogen-bond acceptors (Lipinski definition) is 1. The standard InChI is InChI=1S/C20H31N/c1-2-16-10-6-8-14-19(16)21-20-15-9-7-13-18(20)17-11-4-3-5-12-17/h6,8,10,14,17-18,20-21H,2-5,7,9,11-13,15H2,1H3. The molecule has 1 N–H and O–H groups in total. The van der Waals surface area contributed by atoms with Crippen molar-refractivity contribution in [1.82, 2.24) is 0 Å². The van der Waals surface area contributed by atoms with Crippen LogP contribution >= 0.6 is 0 Å². The van der Waals surface area contributed by atoms with Gasteiger partial charge in [0.2, 0.25) is 0 Å². The number of anilines is 1. The first-order valence-electron chi connectivity index (χ1n) is 9.23. The number of nitrogens with one attached hydrogen (secondary N) is 1. The van der Waals surface area contributed by atoms with Crippen LogP contribution in [0.15, 0.2) is 24.3 Å². The summed E-state index contributed by atoms with van der Waals surface area (Å²) in [5.74, 6) is 1.91. The normalized spacial score (nSPS) is 27.5. The summed E-state index contributed by atoms with van der Waals surface area (Å²) in [7, 11) is 0. The zero-order valence-corrected chi connectivity index (χ0v) is 13.6. The highest BCUT2D eigenvalue weighted by Gasteiger charge is 2.32. The van der Waals surface area contributed by atoms with Gasteiger partial charge in [0.1, 0.15) is 0 Å². The van der Waals surface area contributed by atoms with Crippen molar-refractivity contribution >= 4 is 5.69 Å². The molecule has 3 rings (SSSR count). The van der Waals surface area contributed by atoms with Crippen LogP contribution in [0.4, 0.5) is 5.69 Å². The lowest BCUT2D eigenvalue weighted by Gasteiger charge is -2.40. The van der Waals surface area contributed by atoms with Crippen LogP contribution < -0.4 is 5.32 Å². The van der Waals surface area contributed by atoms with E-state index in [1.807, 2.05) is 0 Å². The van der Waals surface area contributed by atoms with Crippen molar-refractivity contribution < 1.29 is 0 Å². The van der Waals surface area contributed by atoms with Crippen molar-refractivity contribution in [3.63, 3.8) is 0 Å². The fourth-order valence-electron chi connectivity index (χ4n) is 4.63. The zero-order valence-electron chi connectivity index (χ0n) is 13.6. The first-order chi connectivity index (χ1) is 10.4. The number of aryl methyl sites for hydroxylation is 1. The molecule has 1 heteroatoms. The number of hydrogen-bond donors (Lipinski definition) is 1. The van der Waals surface area contributed by atoms with Gasteiger partial charge in [-0.3, -0.25) is 0 Å². The average molecular weight is 285 g/mol. The van der Waals surface area contributed by atoms with Crippen molar-refractivity contribution in [2.45, 2.75) is 77.2 Å². The lowest BCUT2D eigenvalue weighted by molar-refractivity contribution is 0.180. The van der Waals surface area contributed by atoms with E-state index >= 15 is 0 Å². The van der Waals surface area contributed by atoms with Gasteiger partial charge >= 0.3 is 0 Å². The summed E-state index contributed by atoms with van der Waals surface area (Å²) in [6.07, 6.45) is 14.2. The maximum atomic E-state index is 3.95. The summed E-state index contributed by atoms with van der Waals surface area (Å²) >= 11 is 0. The fourth-order valence-corrected chi connectivity index (χ4v) is 4.63. The van der Waals surface area contributed by atoms with Crippen LogP contribution in [0.3, 0.4) is 0 Å². The first-order valence-corrected chi connectivity index (χ1v) is 9.23. The molecular formula is C20H31N. The van der Waals surface area contributed by atoms with E-state index in [2.05, 4.69) is 36.5 Å². The van der Waals surface area contributed by atoms with Gasteiger partial charge < -0.3 is 5.32 Å². The van der Waals surface area contributed by atoms with Gasteiger partial charge in [0.25, 0.3) is 0 Å². The summed E-state index contributed by atoms with van der Waals surface area (Å²) in [5, 5.41) is 3.95. The van der Waals surface area contributed by atoms with E-state index in [1.54, 1.807) is 0 Å². The molecule has 21 heavy (non-hydrogen) atoms. The monoisotopic (exact) mass is 285 g/mol. The molecule has 1 aromatic carbocycles. The van der Waals surface area contributed by atoms with E-state index in [9.17, 15) is 0 Å². The summed E-state index contributed by atoms with van der Waals surface area (Å²) in [6, 6.07) is 9.63. The third-order valence-corrected chi connectivity index (χ3v) is 5.81. The van der Waals surface area contributed by atoms with E-state index < -0.39 is 0 Å². The molecule has 0 spiro atoms. The highest BCUT2D eigenvalue weighted by Crippen LogP contribution is 2.39. The Kier molecular flexibility index (Phi) is 5.22. The van der Waals surface area contributed by atoms with Gasteiger partial charge in [0, 0.05) is 11.7 Å². The second-order valence-electron chi connectivity index (χ2n) is 7.11. The Morgan fingerprint density at radius 3 is 2.43 bits per heavy atom. The van der Waals surface area contributed by atoms with Crippen molar-refractivity contribution in [2.24, 2.45) is 11.8 Å². The largest absolute Gasteiger partial charge is 0.382 e. The molecule has 0 amide bonds. The maximum absolute atomic E-state index is 3.95. The molecule has 2 aliphatic rings. The van der Waals surface area contributed by atoms with E-state index in [-0.39, 0.29) is 0 Å². The highest BCUT2D eigenvalue weighted by atomic mass is 14.9. The second kappa shape index (κ2) is 7.33. The minimum absolute atomic E-state index is 0.717. The van der Waals surface area contributed by atoms with Crippen molar-refractivity contribution in [1.29, 1.82) is 0 Å². The van der Waals surface area contributed by atoms with Crippen molar-refractivity contribution in [3.05, 3.63) is 29.8 Å². The average Bonchev–Trinajstić information content (AvgIpc) is 2.57. The number of rotatable bonds is 4. The molecule has 2 aliphatic carbocycles. The van der Waals surface area contributed by atoms with E-state index in [1.165, 1.54) is 69.0 Å². The maximum Gasteiger partial charge on any atom is 0.0374 e. The van der Waals surface area contributed by atoms with Gasteiger partial charge in [-0.2, -0.15) is 0 Å². The molecule has 2 atom stereocenters. The Morgan fingerprint density at radius 1 is 0.905 bits per heavy atom. The third kappa shape index (κ3) is 3.62. The molecule has 0 radical (unpaired) electrons. The molecule has 0 heterocycles. The molecule has 0 aromatic heterocycles. The molecule has 116 valence electrons. The van der Waals surface area contributed by atoms with Gasteiger partial charge in [-0.15, -0.1) is 0 Å². The lowest BCUT2D eigenvalue weighted by Crippen LogP contribution is -2.37. The quantitative estimate of drug-likeness (QED) is 0.737. The predicted octanol–water partition coefficient (Wildman–Crippen LogP) is 5.80. The van der Waals surface area contributed by atoms with Gasteiger partial charge in [-0.05, 0) is 42.7 Å². The Hall–Kier alpha value is -0.980. The molecule has 2 unspecified atom stereocenters. The van der Waals surface area contributed by atoms with E-state index in [0.717, 1.165) is 24.3 Å². The molecule has 0 saturated heterocycles. The summed E-state index contributed by atoms with van der Waals surface area (Å²) in [5.41, 5.74) is 2.87. The molecule has 1 nitrogen and oxygen atoms in total. The van der Waals surface area contributed by atoms with Crippen molar-refractivity contribution in [3.8, 4) is 0 Å². The minimum atomic E-state index is 0.717. The Morgan fingerprint density at radius 2 is 1.62 bits per heavy atom. The minimum Gasteiger partial charge on any atom is -0.382 e. The number of benzene rings is 1. The first kappa shape index (κ1) is 14.9. The van der Waals surface area contributed by atoms with Crippen molar-refractivity contribution in [2.75, 3.05) is 5.32 Å². The van der Waals surface area contributed by atoms with E-state index in [0.29, 0.717) is 0 Å². The predicted molar refractivity (Wildman–Crippen MR) is 91.8 cm³/mol. The molecule has 1 aromatic rings. The van der Waals surface area contributed by atoms with Crippen LogP contribution in [0.25, 0.3) is 0 Å².